The molecule has 30 heavy (non-hydrogen) atoms. The zero-order valence-electron chi connectivity index (χ0n) is 15.9. The molecule has 0 radical (unpaired) electrons. The Kier molecular flexibility index (Phi) is 4.13. The van der Waals surface area contributed by atoms with Gasteiger partial charge in [0.15, 0.2) is 0 Å². The molecular formula is C22H15F2N5O. The largest absolute Gasteiger partial charge is 0.334 e. The van der Waals surface area contributed by atoms with Crippen LogP contribution in [0.4, 0.5) is 8.78 Å². The average molecular weight is 403 g/mol. The number of pyridine rings is 1. The van der Waals surface area contributed by atoms with Crippen molar-refractivity contribution in [1.82, 2.24) is 24.1 Å². The van der Waals surface area contributed by atoms with Gasteiger partial charge < -0.3 is 9.13 Å². The molecule has 6 nitrogen and oxygen atoms in total. The number of fused-ring (bicyclic) bond motifs is 2. The molecule has 0 bridgehead atoms. The molecule has 2 aromatic carbocycles. The second-order valence-electron chi connectivity index (χ2n) is 7.02. The predicted molar refractivity (Wildman–Crippen MR) is 109 cm³/mol. The lowest BCUT2D eigenvalue weighted by Gasteiger charge is -2.12. The summed E-state index contributed by atoms with van der Waals surface area (Å²) in [7, 11) is 1.86. The lowest BCUT2D eigenvalue weighted by molar-refractivity contribution is 0.545. The van der Waals surface area contributed by atoms with Crippen molar-refractivity contribution in [3.63, 3.8) is 0 Å². The highest BCUT2D eigenvalue weighted by Gasteiger charge is 2.16. The van der Waals surface area contributed by atoms with E-state index in [0.717, 1.165) is 17.2 Å². The van der Waals surface area contributed by atoms with Crippen LogP contribution in [0.3, 0.4) is 0 Å². The zero-order chi connectivity index (χ0) is 20.8. The summed E-state index contributed by atoms with van der Waals surface area (Å²) in [6.07, 6.45) is 5.81. The Morgan fingerprint density at radius 1 is 0.900 bits per heavy atom. The minimum absolute atomic E-state index is 0.188. The molecule has 0 aliphatic heterocycles. The number of nitrogens with zero attached hydrogens (tertiary/aromatic N) is 5. The molecule has 0 atom stereocenters. The monoisotopic (exact) mass is 403 g/mol. The fourth-order valence-corrected chi connectivity index (χ4v) is 3.57. The molecular weight excluding hydrogens is 388 g/mol. The van der Waals surface area contributed by atoms with Gasteiger partial charge in [-0.25, -0.2) is 18.7 Å². The van der Waals surface area contributed by atoms with Crippen molar-refractivity contribution in [2.75, 3.05) is 0 Å². The van der Waals surface area contributed by atoms with Crippen molar-refractivity contribution in [3.8, 4) is 11.1 Å². The number of benzene rings is 2. The summed E-state index contributed by atoms with van der Waals surface area (Å²) in [6, 6.07) is 9.58. The molecule has 0 N–H and O–H groups in total. The first-order valence-electron chi connectivity index (χ1n) is 9.20. The molecule has 0 aliphatic carbocycles. The van der Waals surface area contributed by atoms with Crippen molar-refractivity contribution in [2.45, 2.75) is 6.54 Å². The third kappa shape index (κ3) is 2.93. The summed E-state index contributed by atoms with van der Waals surface area (Å²) < 4.78 is 33.0. The van der Waals surface area contributed by atoms with Crippen LogP contribution >= 0.6 is 0 Å². The third-order valence-corrected chi connectivity index (χ3v) is 5.16. The molecule has 0 spiro atoms. The SMILES string of the molecule is Cn1cnc2ccc(-c3cc(F)c(Cn4c(=O)cnc5cnccc54)c(F)c3)cc21. The second kappa shape index (κ2) is 6.84. The van der Waals surface area contributed by atoms with Crippen LogP contribution in [0.2, 0.25) is 0 Å². The van der Waals surface area contributed by atoms with E-state index in [4.69, 9.17) is 0 Å². The Labute approximate surface area is 169 Å². The first kappa shape index (κ1) is 18.1. The zero-order valence-corrected chi connectivity index (χ0v) is 15.9. The van der Waals surface area contributed by atoms with E-state index in [-0.39, 0.29) is 12.1 Å². The fourth-order valence-electron chi connectivity index (χ4n) is 3.57. The van der Waals surface area contributed by atoms with Crippen LogP contribution in [0.25, 0.3) is 33.2 Å². The number of rotatable bonds is 3. The van der Waals surface area contributed by atoms with Gasteiger partial charge in [-0.15, -0.1) is 0 Å². The number of halogens is 2. The first-order valence-corrected chi connectivity index (χ1v) is 9.20. The van der Waals surface area contributed by atoms with Gasteiger partial charge in [0.25, 0.3) is 5.56 Å². The van der Waals surface area contributed by atoms with Gasteiger partial charge in [-0.2, -0.15) is 0 Å². The van der Waals surface area contributed by atoms with Crippen LogP contribution in [0.15, 0.2) is 66.1 Å². The highest BCUT2D eigenvalue weighted by Crippen LogP contribution is 2.27. The summed E-state index contributed by atoms with van der Waals surface area (Å²) in [4.78, 5) is 24.5. The molecule has 8 heteroatoms. The van der Waals surface area contributed by atoms with E-state index in [1.807, 2.05) is 23.7 Å². The number of imidazole rings is 1. The van der Waals surface area contributed by atoms with Gasteiger partial charge in [0, 0.05) is 18.8 Å². The van der Waals surface area contributed by atoms with E-state index in [1.165, 1.54) is 29.1 Å². The molecule has 0 unspecified atom stereocenters. The van der Waals surface area contributed by atoms with Crippen LogP contribution < -0.4 is 5.56 Å². The number of aromatic nitrogens is 5. The molecule has 0 aliphatic rings. The molecule has 0 saturated carbocycles. The second-order valence-corrected chi connectivity index (χ2v) is 7.02. The molecule has 0 amide bonds. The standard InChI is InChI=1S/C22H15F2N5O/c1-28-12-27-18-3-2-13(8-21(18)28)14-6-16(23)15(17(24)7-14)11-29-20-4-5-25-9-19(20)26-10-22(29)30/h2-10,12H,11H2,1H3. The Morgan fingerprint density at radius 3 is 2.50 bits per heavy atom. The topological polar surface area (TPSA) is 65.6 Å². The van der Waals surface area contributed by atoms with Crippen molar-refractivity contribution in [3.05, 3.63) is 88.9 Å². The van der Waals surface area contributed by atoms with E-state index in [2.05, 4.69) is 15.0 Å². The maximum atomic E-state index is 14.9. The van der Waals surface area contributed by atoms with Crippen molar-refractivity contribution in [1.29, 1.82) is 0 Å². The fraction of sp³-hybridized carbons (Fsp3) is 0.0909. The molecule has 3 heterocycles. The summed E-state index contributed by atoms with van der Waals surface area (Å²) in [5.41, 5.74) is 3.05. The summed E-state index contributed by atoms with van der Waals surface area (Å²) in [5.74, 6) is -1.44. The number of hydrogen-bond donors (Lipinski definition) is 0. The normalized spacial score (nSPS) is 11.4. The van der Waals surface area contributed by atoms with Crippen LogP contribution in [-0.2, 0) is 13.6 Å². The minimum atomic E-state index is -0.721. The van der Waals surface area contributed by atoms with E-state index in [1.54, 1.807) is 18.5 Å². The molecule has 5 rings (SSSR count). The van der Waals surface area contributed by atoms with Crippen LogP contribution in [-0.4, -0.2) is 24.1 Å². The maximum Gasteiger partial charge on any atom is 0.269 e. The van der Waals surface area contributed by atoms with Crippen LogP contribution in [0.5, 0.6) is 0 Å². The average Bonchev–Trinajstić information content (AvgIpc) is 3.12. The molecule has 148 valence electrons. The Balaban J connectivity index is 1.59. The molecule has 0 saturated heterocycles. The van der Waals surface area contributed by atoms with Gasteiger partial charge in [-0.3, -0.25) is 9.78 Å². The summed E-state index contributed by atoms with van der Waals surface area (Å²) >= 11 is 0. The van der Waals surface area contributed by atoms with Crippen molar-refractivity contribution >= 4 is 22.1 Å². The Bertz CT molecular complexity index is 1470. The van der Waals surface area contributed by atoms with Crippen molar-refractivity contribution in [2.24, 2.45) is 7.05 Å². The van der Waals surface area contributed by atoms with Crippen LogP contribution in [0.1, 0.15) is 5.56 Å². The first-order chi connectivity index (χ1) is 14.5. The van der Waals surface area contributed by atoms with Crippen molar-refractivity contribution < 1.29 is 8.78 Å². The minimum Gasteiger partial charge on any atom is -0.334 e. The van der Waals surface area contributed by atoms with Gasteiger partial charge in [0.1, 0.15) is 17.2 Å². The van der Waals surface area contributed by atoms with Crippen LogP contribution in [0, 0.1) is 11.6 Å². The van der Waals surface area contributed by atoms with E-state index >= 15 is 0 Å². The van der Waals surface area contributed by atoms with E-state index in [9.17, 15) is 13.6 Å². The van der Waals surface area contributed by atoms with Gasteiger partial charge in [-0.1, -0.05) is 6.07 Å². The Morgan fingerprint density at radius 2 is 1.70 bits per heavy atom. The smallest absolute Gasteiger partial charge is 0.269 e. The third-order valence-electron chi connectivity index (χ3n) is 5.16. The molecule has 0 fully saturated rings. The lowest BCUT2D eigenvalue weighted by Crippen LogP contribution is -2.22. The quantitative estimate of drug-likeness (QED) is 0.461. The van der Waals surface area contributed by atoms with Gasteiger partial charge >= 0.3 is 0 Å². The van der Waals surface area contributed by atoms with Gasteiger partial charge in [0.2, 0.25) is 0 Å². The highest BCUT2D eigenvalue weighted by molar-refractivity contribution is 5.82. The molecule has 5 aromatic rings. The summed E-state index contributed by atoms with van der Waals surface area (Å²) in [6.45, 7) is -0.249. The van der Waals surface area contributed by atoms with Gasteiger partial charge in [-0.05, 0) is 41.5 Å². The maximum absolute atomic E-state index is 14.9. The van der Waals surface area contributed by atoms with E-state index < -0.39 is 17.2 Å². The number of hydrogen-bond acceptors (Lipinski definition) is 4. The van der Waals surface area contributed by atoms with Gasteiger partial charge in [0.05, 0.1) is 41.8 Å². The lowest BCUT2D eigenvalue weighted by atomic mass is 10.0. The predicted octanol–water partition coefficient (Wildman–Crippen LogP) is 3.67. The molecule has 3 aromatic heterocycles. The number of aryl methyl sites for hydroxylation is 1. The highest BCUT2D eigenvalue weighted by atomic mass is 19.1. The summed E-state index contributed by atoms with van der Waals surface area (Å²) in [5, 5.41) is 0. The Hall–Kier alpha value is -3.94. The van der Waals surface area contributed by atoms with E-state index in [0.29, 0.717) is 22.2 Å².